The molecule has 7 nitrogen and oxygen atoms in total. The lowest BCUT2D eigenvalue weighted by Crippen LogP contribution is -2.30. The van der Waals surface area contributed by atoms with E-state index in [1.165, 1.54) is 6.07 Å². The Balaban J connectivity index is 2.40. The summed E-state index contributed by atoms with van der Waals surface area (Å²) in [7, 11) is 3.92. The van der Waals surface area contributed by atoms with Crippen LogP contribution in [-0.4, -0.2) is 48.0 Å². The summed E-state index contributed by atoms with van der Waals surface area (Å²) in [5.41, 5.74) is -0.791. The average molecular weight is 254 g/mol. The van der Waals surface area contributed by atoms with E-state index in [4.69, 9.17) is 0 Å². The minimum Gasteiger partial charge on any atom is -0.356 e. The Kier molecular flexibility index (Phi) is 5.31. The van der Waals surface area contributed by atoms with Crippen LogP contribution in [-0.2, 0) is 11.2 Å². The lowest BCUT2D eigenvalue weighted by atomic mass is 10.3. The maximum atomic E-state index is 11.5. The van der Waals surface area contributed by atoms with Gasteiger partial charge >= 0.3 is 5.69 Å². The third kappa shape index (κ3) is 5.44. The molecule has 0 spiro atoms. The van der Waals surface area contributed by atoms with Gasteiger partial charge < -0.3 is 15.2 Å². The highest BCUT2D eigenvalue weighted by Gasteiger charge is 2.04. The van der Waals surface area contributed by atoms with Gasteiger partial charge in [0, 0.05) is 18.3 Å². The number of nitrogens with one attached hydrogen (secondary N) is 3. The molecule has 1 rings (SSSR count). The predicted octanol–water partition coefficient (Wildman–Crippen LogP) is -1.33. The van der Waals surface area contributed by atoms with Gasteiger partial charge in [0.05, 0.1) is 6.42 Å². The zero-order chi connectivity index (χ0) is 13.5. The molecule has 0 bridgehead atoms. The molecule has 0 aromatic carbocycles. The Morgan fingerprint density at radius 1 is 1.33 bits per heavy atom. The summed E-state index contributed by atoms with van der Waals surface area (Å²) in [6.07, 6.45) is 0.853. The first-order chi connectivity index (χ1) is 8.47. The normalized spacial score (nSPS) is 10.6. The summed E-state index contributed by atoms with van der Waals surface area (Å²) in [6, 6.07) is 1.21. The van der Waals surface area contributed by atoms with E-state index in [0.29, 0.717) is 12.2 Å². The Morgan fingerprint density at radius 3 is 2.67 bits per heavy atom. The van der Waals surface area contributed by atoms with Crippen molar-refractivity contribution in [3.05, 3.63) is 32.6 Å². The molecule has 0 fully saturated rings. The van der Waals surface area contributed by atoms with Crippen molar-refractivity contribution < 1.29 is 4.79 Å². The van der Waals surface area contributed by atoms with Crippen LogP contribution in [0.5, 0.6) is 0 Å². The number of nitrogens with zero attached hydrogens (tertiary/aromatic N) is 1. The van der Waals surface area contributed by atoms with E-state index in [-0.39, 0.29) is 12.3 Å². The van der Waals surface area contributed by atoms with Crippen LogP contribution in [0.4, 0.5) is 0 Å². The highest BCUT2D eigenvalue weighted by molar-refractivity contribution is 5.77. The summed E-state index contributed by atoms with van der Waals surface area (Å²) in [5.74, 6) is -0.213. The SMILES string of the molecule is CN(C)CCCNC(=O)Cc1cc(=O)[nH]c(=O)[nH]1. The van der Waals surface area contributed by atoms with Crippen LogP contribution in [0.1, 0.15) is 12.1 Å². The molecule has 3 N–H and O–H groups in total. The Hall–Kier alpha value is -1.89. The standard InChI is InChI=1S/C11H18N4O3/c1-15(2)5-3-4-12-9(16)6-8-7-10(17)14-11(18)13-8/h7H,3-6H2,1-2H3,(H,12,16)(H2,13,14,17,18). The van der Waals surface area contributed by atoms with Crippen LogP contribution in [0.25, 0.3) is 0 Å². The molecule has 100 valence electrons. The number of hydrogen-bond donors (Lipinski definition) is 3. The zero-order valence-electron chi connectivity index (χ0n) is 10.6. The molecule has 1 aromatic rings. The zero-order valence-corrected chi connectivity index (χ0v) is 10.6. The van der Waals surface area contributed by atoms with E-state index in [1.54, 1.807) is 0 Å². The average Bonchev–Trinajstić information content (AvgIpc) is 2.22. The van der Waals surface area contributed by atoms with Crippen LogP contribution in [0.15, 0.2) is 15.7 Å². The summed E-state index contributed by atoms with van der Waals surface area (Å²) in [5, 5.41) is 2.73. The van der Waals surface area contributed by atoms with Gasteiger partial charge in [0.15, 0.2) is 0 Å². The molecule has 0 aliphatic rings. The molecule has 0 unspecified atom stereocenters. The largest absolute Gasteiger partial charge is 0.356 e. The van der Waals surface area contributed by atoms with Crippen molar-refractivity contribution in [1.29, 1.82) is 0 Å². The number of aromatic nitrogens is 2. The number of hydrogen-bond acceptors (Lipinski definition) is 4. The predicted molar refractivity (Wildman–Crippen MR) is 67.6 cm³/mol. The van der Waals surface area contributed by atoms with Crippen molar-refractivity contribution in [1.82, 2.24) is 20.2 Å². The fourth-order valence-corrected chi connectivity index (χ4v) is 1.47. The molecular weight excluding hydrogens is 236 g/mol. The third-order valence-electron chi connectivity index (χ3n) is 2.27. The van der Waals surface area contributed by atoms with E-state index in [0.717, 1.165) is 13.0 Å². The van der Waals surface area contributed by atoms with Crippen molar-refractivity contribution in [3.8, 4) is 0 Å². The molecule has 0 aliphatic carbocycles. The smallest absolute Gasteiger partial charge is 0.325 e. The first-order valence-corrected chi connectivity index (χ1v) is 5.71. The number of carbonyl (C=O) groups is 1. The van der Waals surface area contributed by atoms with E-state index in [2.05, 4.69) is 10.3 Å². The van der Waals surface area contributed by atoms with E-state index < -0.39 is 11.2 Å². The highest BCUT2D eigenvalue weighted by Crippen LogP contribution is 1.88. The molecular formula is C11H18N4O3. The van der Waals surface area contributed by atoms with Crippen LogP contribution < -0.4 is 16.6 Å². The number of amides is 1. The second kappa shape index (κ2) is 6.75. The van der Waals surface area contributed by atoms with E-state index in [1.807, 2.05) is 24.0 Å². The quantitative estimate of drug-likeness (QED) is 0.548. The van der Waals surface area contributed by atoms with Gasteiger partial charge in [-0.3, -0.25) is 14.6 Å². The number of aromatic amines is 2. The van der Waals surface area contributed by atoms with Crippen molar-refractivity contribution in [2.45, 2.75) is 12.8 Å². The Labute approximate surface area is 104 Å². The minimum atomic E-state index is -0.599. The van der Waals surface area contributed by atoms with Crippen LogP contribution in [0, 0.1) is 0 Å². The maximum Gasteiger partial charge on any atom is 0.325 e. The van der Waals surface area contributed by atoms with Crippen molar-refractivity contribution >= 4 is 5.91 Å². The van der Waals surface area contributed by atoms with Gasteiger partial charge in [-0.05, 0) is 27.1 Å². The third-order valence-corrected chi connectivity index (χ3v) is 2.27. The summed E-state index contributed by atoms with van der Waals surface area (Å²) in [6.45, 7) is 1.46. The topological polar surface area (TPSA) is 98.1 Å². The van der Waals surface area contributed by atoms with Gasteiger partial charge in [0.1, 0.15) is 0 Å². The molecule has 0 radical (unpaired) electrons. The van der Waals surface area contributed by atoms with Crippen LogP contribution in [0.3, 0.4) is 0 Å². The monoisotopic (exact) mass is 254 g/mol. The molecule has 1 amide bonds. The summed E-state index contributed by atoms with van der Waals surface area (Å²) < 4.78 is 0. The van der Waals surface area contributed by atoms with Gasteiger partial charge in [0.25, 0.3) is 5.56 Å². The molecule has 18 heavy (non-hydrogen) atoms. The van der Waals surface area contributed by atoms with E-state index in [9.17, 15) is 14.4 Å². The number of rotatable bonds is 6. The second-order valence-corrected chi connectivity index (χ2v) is 4.30. The Morgan fingerprint density at radius 2 is 2.06 bits per heavy atom. The Bertz CT molecular complexity index is 475. The number of carbonyl (C=O) groups excluding carboxylic acids is 1. The first kappa shape index (κ1) is 14.2. The number of H-pyrrole nitrogens is 2. The van der Waals surface area contributed by atoms with Gasteiger partial charge in [-0.2, -0.15) is 0 Å². The fraction of sp³-hybridized carbons (Fsp3) is 0.545. The molecule has 0 atom stereocenters. The van der Waals surface area contributed by atoms with Gasteiger partial charge in [0.2, 0.25) is 5.91 Å². The molecule has 7 heteroatoms. The van der Waals surface area contributed by atoms with Gasteiger partial charge in [-0.1, -0.05) is 0 Å². The van der Waals surface area contributed by atoms with Crippen molar-refractivity contribution in [3.63, 3.8) is 0 Å². The maximum absolute atomic E-state index is 11.5. The summed E-state index contributed by atoms with van der Waals surface area (Å²) in [4.78, 5) is 40.0. The molecule has 0 saturated heterocycles. The highest BCUT2D eigenvalue weighted by atomic mass is 16.2. The van der Waals surface area contributed by atoms with Crippen LogP contribution >= 0.6 is 0 Å². The van der Waals surface area contributed by atoms with Crippen molar-refractivity contribution in [2.75, 3.05) is 27.2 Å². The molecule has 1 aromatic heterocycles. The lowest BCUT2D eigenvalue weighted by molar-refractivity contribution is -0.120. The molecule has 0 saturated carbocycles. The fourth-order valence-electron chi connectivity index (χ4n) is 1.47. The molecule has 0 aliphatic heterocycles. The summed E-state index contributed by atoms with van der Waals surface area (Å²) >= 11 is 0. The van der Waals surface area contributed by atoms with E-state index >= 15 is 0 Å². The van der Waals surface area contributed by atoms with Gasteiger partial charge in [-0.15, -0.1) is 0 Å². The van der Waals surface area contributed by atoms with Crippen molar-refractivity contribution in [2.24, 2.45) is 0 Å². The van der Waals surface area contributed by atoms with Gasteiger partial charge in [-0.25, -0.2) is 4.79 Å². The van der Waals surface area contributed by atoms with Crippen LogP contribution in [0.2, 0.25) is 0 Å². The molecule has 1 heterocycles. The second-order valence-electron chi connectivity index (χ2n) is 4.30. The lowest BCUT2D eigenvalue weighted by Gasteiger charge is -2.09. The first-order valence-electron chi connectivity index (χ1n) is 5.71. The minimum absolute atomic E-state index is 0.00112.